The van der Waals surface area contributed by atoms with E-state index in [1.807, 2.05) is 0 Å². The summed E-state index contributed by atoms with van der Waals surface area (Å²) in [5.74, 6) is -0.388. The van der Waals surface area contributed by atoms with Gasteiger partial charge in [-0.2, -0.15) is 4.31 Å². The molecule has 0 unspecified atom stereocenters. The second kappa shape index (κ2) is 6.75. The first-order chi connectivity index (χ1) is 11.4. The monoisotopic (exact) mass is 386 g/mol. The zero-order valence-electron chi connectivity index (χ0n) is 12.8. The van der Waals surface area contributed by atoms with E-state index in [0.717, 1.165) is 5.01 Å². The van der Waals surface area contributed by atoms with Crippen molar-refractivity contribution in [2.45, 2.75) is 30.7 Å². The molecule has 0 saturated carbocycles. The molecular formula is C14H15ClN4O3S2. The van der Waals surface area contributed by atoms with Gasteiger partial charge in [0, 0.05) is 11.6 Å². The van der Waals surface area contributed by atoms with Crippen LogP contribution >= 0.6 is 22.9 Å². The Morgan fingerprint density at radius 2 is 2.04 bits per heavy atom. The number of benzene rings is 1. The predicted octanol–water partition coefficient (Wildman–Crippen LogP) is 2.29. The number of carbonyl (C=O) groups excluding carboxylic acids is 1. The van der Waals surface area contributed by atoms with Crippen LogP contribution in [-0.2, 0) is 14.8 Å². The first kappa shape index (κ1) is 17.3. The lowest BCUT2D eigenvalue weighted by Gasteiger charge is -2.23. The number of rotatable bonds is 4. The van der Waals surface area contributed by atoms with E-state index < -0.39 is 16.1 Å². The van der Waals surface area contributed by atoms with Gasteiger partial charge in [0.05, 0.1) is 4.90 Å². The maximum atomic E-state index is 12.8. The third kappa shape index (κ3) is 3.44. The lowest BCUT2D eigenvalue weighted by Crippen LogP contribution is -2.43. The number of hydrogen-bond acceptors (Lipinski definition) is 6. The number of hydrogen-bond donors (Lipinski definition) is 1. The number of nitrogens with zero attached hydrogens (tertiary/aromatic N) is 3. The summed E-state index contributed by atoms with van der Waals surface area (Å²) in [5, 5.41) is 11.9. The molecule has 24 heavy (non-hydrogen) atoms. The van der Waals surface area contributed by atoms with Crippen molar-refractivity contribution < 1.29 is 13.2 Å². The number of carbonyl (C=O) groups is 1. The van der Waals surface area contributed by atoms with Crippen LogP contribution in [0.4, 0.5) is 5.13 Å². The summed E-state index contributed by atoms with van der Waals surface area (Å²) >= 11 is 7.05. The Morgan fingerprint density at radius 1 is 1.33 bits per heavy atom. The van der Waals surface area contributed by atoms with Crippen LogP contribution in [-0.4, -0.2) is 41.4 Å². The number of nitrogens with one attached hydrogen (secondary N) is 1. The standard InChI is InChI=1S/C14H15ClN4O3S2/c1-9-17-18-14(23-9)16-13(20)12-3-2-8-19(12)24(21,22)11-6-4-10(15)5-7-11/h4-7,12H,2-3,8H2,1H3,(H,16,18,20)/t12-/m0/s1. The van der Waals surface area contributed by atoms with Crippen LogP contribution in [0, 0.1) is 6.92 Å². The Kier molecular flexibility index (Phi) is 4.86. The van der Waals surface area contributed by atoms with Crippen LogP contribution in [0.25, 0.3) is 0 Å². The Labute approximate surface area is 148 Å². The van der Waals surface area contributed by atoms with Crippen molar-refractivity contribution in [2.24, 2.45) is 0 Å². The van der Waals surface area contributed by atoms with E-state index in [4.69, 9.17) is 11.6 Å². The fourth-order valence-corrected chi connectivity index (χ4v) is 4.94. The quantitative estimate of drug-likeness (QED) is 0.870. The van der Waals surface area contributed by atoms with E-state index >= 15 is 0 Å². The molecular weight excluding hydrogens is 372 g/mol. The van der Waals surface area contributed by atoms with Crippen molar-refractivity contribution in [3.05, 3.63) is 34.3 Å². The minimum Gasteiger partial charge on any atom is -0.299 e. The number of aromatic nitrogens is 2. The molecule has 128 valence electrons. The number of halogens is 1. The average molecular weight is 387 g/mol. The van der Waals surface area contributed by atoms with Gasteiger partial charge in [-0.3, -0.25) is 10.1 Å². The SMILES string of the molecule is Cc1nnc(NC(=O)[C@@H]2CCCN2S(=O)(=O)c2ccc(Cl)cc2)s1. The molecule has 1 N–H and O–H groups in total. The molecule has 0 radical (unpaired) electrons. The molecule has 1 aromatic heterocycles. The highest BCUT2D eigenvalue weighted by Crippen LogP contribution is 2.28. The van der Waals surface area contributed by atoms with Crippen molar-refractivity contribution in [3.8, 4) is 0 Å². The highest BCUT2D eigenvalue weighted by atomic mass is 35.5. The summed E-state index contributed by atoms with van der Waals surface area (Å²) < 4.78 is 26.8. The molecule has 0 spiro atoms. The van der Waals surface area contributed by atoms with Crippen LogP contribution in [0.3, 0.4) is 0 Å². The molecule has 0 bridgehead atoms. The molecule has 1 aliphatic rings. The highest BCUT2D eigenvalue weighted by molar-refractivity contribution is 7.89. The van der Waals surface area contributed by atoms with Gasteiger partial charge >= 0.3 is 0 Å². The lowest BCUT2D eigenvalue weighted by molar-refractivity contribution is -0.119. The Bertz CT molecular complexity index is 851. The van der Waals surface area contributed by atoms with E-state index in [-0.39, 0.29) is 10.8 Å². The van der Waals surface area contributed by atoms with Gasteiger partial charge < -0.3 is 0 Å². The summed E-state index contributed by atoms with van der Waals surface area (Å²) in [6, 6.07) is 5.17. The van der Waals surface area contributed by atoms with Gasteiger partial charge in [0.1, 0.15) is 11.0 Å². The fraction of sp³-hybridized carbons (Fsp3) is 0.357. The molecule has 2 heterocycles. The molecule has 2 aromatic rings. The summed E-state index contributed by atoms with van der Waals surface area (Å²) in [6.45, 7) is 2.08. The molecule has 0 aliphatic carbocycles. The van der Waals surface area contributed by atoms with E-state index in [1.54, 1.807) is 6.92 Å². The second-order valence-corrected chi connectivity index (χ2v) is 8.85. The predicted molar refractivity (Wildman–Crippen MR) is 91.6 cm³/mol. The van der Waals surface area contributed by atoms with Crippen molar-refractivity contribution in [1.29, 1.82) is 0 Å². The van der Waals surface area contributed by atoms with Crippen molar-refractivity contribution in [3.63, 3.8) is 0 Å². The van der Waals surface area contributed by atoms with Gasteiger partial charge in [0.15, 0.2) is 0 Å². The first-order valence-electron chi connectivity index (χ1n) is 7.26. The lowest BCUT2D eigenvalue weighted by atomic mass is 10.2. The molecule has 1 amide bonds. The molecule has 3 rings (SSSR count). The van der Waals surface area contributed by atoms with E-state index in [0.29, 0.717) is 29.5 Å². The Hall–Kier alpha value is -1.55. The molecule has 10 heteroatoms. The van der Waals surface area contributed by atoms with Crippen LogP contribution in [0.15, 0.2) is 29.2 Å². The zero-order valence-corrected chi connectivity index (χ0v) is 15.2. The van der Waals surface area contributed by atoms with Crippen LogP contribution in [0.5, 0.6) is 0 Å². The highest BCUT2D eigenvalue weighted by Gasteiger charge is 2.39. The normalized spacial score (nSPS) is 18.7. The molecule has 1 aliphatic heterocycles. The average Bonchev–Trinajstić information content (AvgIpc) is 3.17. The van der Waals surface area contributed by atoms with Crippen LogP contribution in [0.2, 0.25) is 5.02 Å². The smallest absolute Gasteiger partial charge is 0.244 e. The largest absolute Gasteiger partial charge is 0.299 e. The summed E-state index contributed by atoms with van der Waals surface area (Å²) in [5.41, 5.74) is 0. The summed E-state index contributed by atoms with van der Waals surface area (Å²) in [4.78, 5) is 12.6. The van der Waals surface area contributed by atoms with Crippen LogP contribution in [0.1, 0.15) is 17.8 Å². The molecule has 1 saturated heterocycles. The number of anilines is 1. The Balaban J connectivity index is 1.81. The maximum Gasteiger partial charge on any atom is 0.244 e. The number of aryl methyl sites for hydroxylation is 1. The van der Waals surface area contributed by atoms with Gasteiger partial charge in [0.25, 0.3) is 0 Å². The zero-order chi connectivity index (χ0) is 17.3. The minimum absolute atomic E-state index is 0.123. The topological polar surface area (TPSA) is 92.3 Å². The van der Waals surface area contributed by atoms with Gasteiger partial charge in [0.2, 0.25) is 21.1 Å². The van der Waals surface area contributed by atoms with E-state index in [9.17, 15) is 13.2 Å². The minimum atomic E-state index is -3.76. The number of amides is 1. The third-order valence-corrected chi connectivity index (χ3v) is 6.61. The fourth-order valence-electron chi connectivity index (χ4n) is 2.57. The maximum absolute atomic E-state index is 12.8. The second-order valence-electron chi connectivity index (χ2n) is 5.34. The van der Waals surface area contributed by atoms with E-state index in [2.05, 4.69) is 15.5 Å². The van der Waals surface area contributed by atoms with Gasteiger partial charge in [-0.1, -0.05) is 22.9 Å². The van der Waals surface area contributed by atoms with Gasteiger partial charge in [-0.05, 0) is 44.0 Å². The first-order valence-corrected chi connectivity index (χ1v) is 9.90. The van der Waals surface area contributed by atoms with Gasteiger partial charge in [-0.15, -0.1) is 10.2 Å². The van der Waals surface area contributed by atoms with Gasteiger partial charge in [-0.25, -0.2) is 8.42 Å². The number of sulfonamides is 1. The summed E-state index contributed by atoms with van der Waals surface area (Å²) in [6.07, 6.45) is 1.09. The molecule has 7 nitrogen and oxygen atoms in total. The molecule has 1 aromatic carbocycles. The molecule has 1 fully saturated rings. The molecule has 1 atom stereocenters. The van der Waals surface area contributed by atoms with Crippen molar-refractivity contribution in [2.75, 3.05) is 11.9 Å². The van der Waals surface area contributed by atoms with Crippen molar-refractivity contribution in [1.82, 2.24) is 14.5 Å². The van der Waals surface area contributed by atoms with E-state index in [1.165, 1.54) is 39.9 Å². The summed E-state index contributed by atoms with van der Waals surface area (Å²) in [7, 11) is -3.76. The van der Waals surface area contributed by atoms with Crippen molar-refractivity contribution >= 4 is 44.0 Å². The Morgan fingerprint density at radius 3 is 2.67 bits per heavy atom. The third-order valence-electron chi connectivity index (χ3n) is 3.68. The van der Waals surface area contributed by atoms with Crippen LogP contribution < -0.4 is 5.32 Å².